The number of rotatable bonds is 42. The fourth-order valence-corrected chi connectivity index (χ4v) is 7.07. The topological polar surface area (TPSA) is 78.9 Å². The Hall–Kier alpha value is -1.59. The van der Waals surface area contributed by atoms with Crippen molar-refractivity contribution in [2.45, 2.75) is 265 Å². The van der Waals surface area contributed by atoms with Gasteiger partial charge in [-0.3, -0.25) is 14.4 Å². The molecule has 1 unspecified atom stereocenters. The molecular formula is C48H92O6. The SMILES string of the molecule is CCCCCCCCCCCCCCCCCCC(=O)OC[C@H](COC(=O)CCCCCCCCC(C)CC)OC(=O)CCCCCCCCCC(C)C. The first-order chi connectivity index (χ1) is 26.3. The van der Waals surface area contributed by atoms with Crippen LogP contribution in [0.25, 0.3) is 0 Å². The summed E-state index contributed by atoms with van der Waals surface area (Å²) in [7, 11) is 0. The molecular weight excluding hydrogens is 673 g/mol. The maximum Gasteiger partial charge on any atom is 0.306 e. The molecule has 0 aromatic carbocycles. The lowest BCUT2D eigenvalue weighted by Gasteiger charge is -2.18. The van der Waals surface area contributed by atoms with Gasteiger partial charge in [0.15, 0.2) is 6.10 Å². The van der Waals surface area contributed by atoms with E-state index in [1.807, 2.05) is 0 Å². The summed E-state index contributed by atoms with van der Waals surface area (Å²) >= 11 is 0. The van der Waals surface area contributed by atoms with Gasteiger partial charge in [0, 0.05) is 19.3 Å². The molecule has 0 amide bonds. The molecule has 0 aliphatic heterocycles. The zero-order chi connectivity index (χ0) is 39.7. The zero-order valence-electron chi connectivity index (χ0n) is 36.8. The summed E-state index contributed by atoms with van der Waals surface area (Å²) in [4.78, 5) is 37.7. The number of carbonyl (C=O) groups excluding carboxylic acids is 3. The highest BCUT2D eigenvalue weighted by Gasteiger charge is 2.19. The van der Waals surface area contributed by atoms with Gasteiger partial charge in [-0.25, -0.2) is 0 Å². The monoisotopic (exact) mass is 765 g/mol. The molecule has 320 valence electrons. The van der Waals surface area contributed by atoms with E-state index in [1.54, 1.807) is 0 Å². The van der Waals surface area contributed by atoms with Gasteiger partial charge in [-0.05, 0) is 31.1 Å². The van der Waals surface area contributed by atoms with Crippen LogP contribution in [0.5, 0.6) is 0 Å². The van der Waals surface area contributed by atoms with Crippen LogP contribution in [0.1, 0.15) is 259 Å². The molecule has 54 heavy (non-hydrogen) atoms. The highest BCUT2D eigenvalue weighted by Crippen LogP contribution is 2.17. The molecule has 0 fully saturated rings. The minimum atomic E-state index is -0.761. The Labute approximate surface area is 336 Å². The maximum absolute atomic E-state index is 12.7. The Morgan fingerprint density at radius 1 is 0.389 bits per heavy atom. The lowest BCUT2D eigenvalue weighted by molar-refractivity contribution is -0.167. The average molecular weight is 765 g/mol. The van der Waals surface area contributed by atoms with E-state index in [2.05, 4.69) is 34.6 Å². The van der Waals surface area contributed by atoms with E-state index in [1.165, 1.54) is 148 Å². The molecule has 0 aliphatic carbocycles. The van der Waals surface area contributed by atoms with Crippen molar-refractivity contribution in [3.8, 4) is 0 Å². The molecule has 0 spiro atoms. The lowest BCUT2D eigenvalue weighted by Crippen LogP contribution is -2.30. The van der Waals surface area contributed by atoms with Crippen LogP contribution >= 0.6 is 0 Å². The number of ether oxygens (including phenoxy) is 3. The molecule has 2 atom stereocenters. The Morgan fingerprint density at radius 3 is 1.06 bits per heavy atom. The second-order valence-electron chi connectivity index (χ2n) is 17.1. The van der Waals surface area contributed by atoms with Gasteiger partial charge < -0.3 is 14.2 Å². The minimum Gasteiger partial charge on any atom is -0.462 e. The van der Waals surface area contributed by atoms with Gasteiger partial charge in [-0.1, -0.05) is 221 Å². The van der Waals surface area contributed by atoms with Crippen LogP contribution in [0.4, 0.5) is 0 Å². The third kappa shape index (κ3) is 40.1. The van der Waals surface area contributed by atoms with E-state index in [0.717, 1.165) is 69.6 Å². The van der Waals surface area contributed by atoms with Gasteiger partial charge in [0.2, 0.25) is 0 Å². The van der Waals surface area contributed by atoms with Crippen LogP contribution in [-0.4, -0.2) is 37.2 Å². The molecule has 0 aromatic rings. The van der Waals surface area contributed by atoms with Crippen molar-refractivity contribution < 1.29 is 28.6 Å². The average Bonchev–Trinajstić information content (AvgIpc) is 3.15. The maximum atomic E-state index is 12.7. The third-order valence-corrected chi connectivity index (χ3v) is 11.1. The van der Waals surface area contributed by atoms with Crippen LogP contribution in [0.2, 0.25) is 0 Å². The van der Waals surface area contributed by atoms with Gasteiger partial charge in [0.25, 0.3) is 0 Å². The van der Waals surface area contributed by atoms with E-state index < -0.39 is 6.10 Å². The van der Waals surface area contributed by atoms with Crippen LogP contribution in [0.3, 0.4) is 0 Å². The molecule has 0 N–H and O–H groups in total. The molecule has 6 heteroatoms. The van der Waals surface area contributed by atoms with E-state index in [4.69, 9.17) is 14.2 Å². The van der Waals surface area contributed by atoms with Gasteiger partial charge in [-0.2, -0.15) is 0 Å². The summed E-state index contributed by atoms with van der Waals surface area (Å²) < 4.78 is 16.7. The van der Waals surface area contributed by atoms with Crippen LogP contribution in [0, 0.1) is 11.8 Å². The second-order valence-corrected chi connectivity index (χ2v) is 17.1. The fraction of sp³-hybridized carbons (Fsp3) is 0.938. The Bertz CT molecular complexity index is 826. The number of hydrogen-bond donors (Lipinski definition) is 0. The van der Waals surface area contributed by atoms with E-state index >= 15 is 0 Å². The molecule has 0 saturated carbocycles. The molecule has 0 saturated heterocycles. The van der Waals surface area contributed by atoms with Crippen LogP contribution in [0.15, 0.2) is 0 Å². The molecule has 0 rings (SSSR count). The summed E-state index contributed by atoms with van der Waals surface area (Å²) in [6, 6.07) is 0. The van der Waals surface area contributed by atoms with Crippen molar-refractivity contribution in [1.29, 1.82) is 0 Å². The summed E-state index contributed by atoms with van der Waals surface area (Å²) in [5.74, 6) is 0.731. The number of esters is 3. The lowest BCUT2D eigenvalue weighted by atomic mass is 10.00. The van der Waals surface area contributed by atoms with Crippen molar-refractivity contribution in [1.82, 2.24) is 0 Å². The molecule has 0 heterocycles. The van der Waals surface area contributed by atoms with E-state index in [0.29, 0.717) is 19.3 Å². The summed E-state index contributed by atoms with van der Waals surface area (Å²) in [6.45, 7) is 11.3. The quantitative estimate of drug-likeness (QED) is 0.0350. The largest absolute Gasteiger partial charge is 0.462 e. The van der Waals surface area contributed by atoms with Gasteiger partial charge >= 0.3 is 17.9 Å². The fourth-order valence-electron chi connectivity index (χ4n) is 7.07. The molecule has 0 aliphatic rings. The molecule has 6 nitrogen and oxygen atoms in total. The normalized spacial score (nSPS) is 12.6. The standard InChI is InChI=1S/C48H92O6/c1-6-8-9-10-11-12-13-14-15-16-17-18-19-22-28-33-38-46(49)52-41-45(54-48(51)40-35-30-23-20-21-26-31-36-43(3)4)42-53-47(50)39-34-29-25-24-27-32-37-44(5)7-2/h43-45H,6-42H2,1-5H3/t44?,45-/m1/s1. The van der Waals surface area contributed by atoms with Gasteiger partial charge in [0.05, 0.1) is 0 Å². The van der Waals surface area contributed by atoms with Crippen molar-refractivity contribution >= 4 is 17.9 Å². The first kappa shape index (κ1) is 52.4. The summed E-state index contributed by atoms with van der Waals surface area (Å²) in [5.41, 5.74) is 0. The first-order valence-corrected chi connectivity index (χ1v) is 23.8. The van der Waals surface area contributed by atoms with Crippen molar-refractivity contribution in [3.63, 3.8) is 0 Å². The second kappa shape index (κ2) is 41.1. The highest BCUT2D eigenvalue weighted by molar-refractivity contribution is 5.71. The van der Waals surface area contributed by atoms with Crippen molar-refractivity contribution in [2.75, 3.05) is 13.2 Å². The molecule has 0 aromatic heterocycles. The number of carbonyl (C=O) groups is 3. The molecule has 0 radical (unpaired) electrons. The van der Waals surface area contributed by atoms with Gasteiger partial charge in [-0.15, -0.1) is 0 Å². The van der Waals surface area contributed by atoms with Crippen molar-refractivity contribution in [3.05, 3.63) is 0 Å². The Morgan fingerprint density at radius 2 is 0.704 bits per heavy atom. The van der Waals surface area contributed by atoms with Crippen LogP contribution < -0.4 is 0 Å². The number of unbranched alkanes of at least 4 members (excludes halogenated alkanes) is 26. The van der Waals surface area contributed by atoms with Gasteiger partial charge in [0.1, 0.15) is 13.2 Å². The smallest absolute Gasteiger partial charge is 0.306 e. The van der Waals surface area contributed by atoms with E-state index in [-0.39, 0.29) is 31.1 Å². The Balaban J connectivity index is 4.28. The Kier molecular flexibility index (Phi) is 39.8. The van der Waals surface area contributed by atoms with Crippen molar-refractivity contribution in [2.24, 2.45) is 11.8 Å². The first-order valence-electron chi connectivity index (χ1n) is 23.8. The summed E-state index contributed by atoms with van der Waals surface area (Å²) in [6.07, 6.45) is 39.6. The highest BCUT2D eigenvalue weighted by atomic mass is 16.6. The van der Waals surface area contributed by atoms with Crippen LogP contribution in [-0.2, 0) is 28.6 Å². The minimum absolute atomic E-state index is 0.0657. The number of hydrogen-bond acceptors (Lipinski definition) is 6. The zero-order valence-corrected chi connectivity index (χ0v) is 36.8. The summed E-state index contributed by atoms with van der Waals surface area (Å²) in [5, 5.41) is 0. The third-order valence-electron chi connectivity index (χ3n) is 11.1. The predicted octanol–water partition coefficient (Wildman–Crippen LogP) is 15.0. The molecule has 0 bridgehead atoms. The predicted molar refractivity (Wildman–Crippen MR) is 229 cm³/mol. The van der Waals surface area contributed by atoms with E-state index in [9.17, 15) is 14.4 Å².